The number of aryl methyl sites for hydroxylation is 2. The normalized spacial score (nSPS) is 21.4. The Balaban J connectivity index is 1.05. The number of hydrogen-bond donors (Lipinski definition) is 0. The van der Waals surface area contributed by atoms with Crippen LogP contribution in [0.1, 0.15) is 87.4 Å². The number of aromatic nitrogens is 2. The summed E-state index contributed by atoms with van der Waals surface area (Å²) in [5, 5.41) is 0. The van der Waals surface area contributed by atoms with E-state index in [9.17, 15) is 0 Å². The predicted molar refractivity (Wildman–Crippen MR) is 148 cm³/mol. The van der Waals surface area contributed by atoms with Gasteiger partial charge >= 0.3 is 0 Å². The quantitative estimate of drug-likeness (QED) is 0.197. The number of unbranched alkanes of at least 4 members (excludes halogenated alkanes) is 4. The second-order valence-corrected chi connectivity index (χ2v) is 10.9. The van der Waals surface area contributed by atoms with E-state index in [2.05, 4.69) is 106 Å². The van der Waals surface area contributed by atoms with Crippen molar-refractivity contribution in [3.63, 3.8) is 0 Å². The molecule has 2 saturated heterocycles. The van der Waals surface area contributed by atoms with Crippen molar-refractivity contribution in [1.82, 2.24) is 9.80 Å². The maximum Gasteiger partial charge on any atom is 0.173 e. The van der Waals surface area contributed by atoms with E-state index in [1.54, 1.807) is 0 Å². The van der Waals surface area contributed by atoms with Gasteiger partial charge in [-0.3, -0.25) is 9.80 Å². The van der Waals surface area contributed by atoms with Crippen LogP contribution in [0.5, 0.6) is 0 Å². The number of nitrogens with zero attached hydrogens (tertiary/aromatic N) is 4. The Hall–Kier alpha value is -2.30. The zero-order chi connectivity index (χ0) is 25.0. The Kier molecular flexibility index (Phi) is 10.7. The lowest BCUT2D eigenvalue weighted by Gasteiger charge is -2.18. The SMILES string of the molecule is CN1CCC[C@H]1c1ccc[n+](CCCC/C=C\C=C\CCCC[n+]2cccc([C@@H]3CCCN3C)c2)c1. The first-order valence-electron chi connectivity index (χ1n) is 14.4. The lowest BCUT2D eigenvalue weighted by atomic mass is 10.1. The third-order valence-electron chi connectivity index (χ3n) is 8.03. The van der Waals surface area contributed by atoms with Gasteiger partial charge in [0.25, 0.3) is 0 Å². The van der Waals surface area contributed by atoms with Crippen molar-refractivity contribution in [3.05, 3.63) is 84.5 Å². The van der Waals surface area contributed by atoms with Gasteiger partial charge in [-0.05, 0) is 90.7 Å². The van der Waals surface area contributed by atoms with E-state index in [1.807, 2.05) is 0 Å². The molecule has 0 aliphatic carbocycles. The summed E-state index contributed by atoms with van der Waals surface area (Å²) >= 11 is 0. The van der Waals surface area contributed by atoms with Crippen LogP contribution in [0, 0.1) is 0 Å². The van der Waals surface area contributed by atoms with Crippen LogP contribution in [-0.2, 0) is 13.1 Å². The van der Waals surface area contributed by atoms with Crippen LogP contribution in [0.2, 0.25) is 0 Å². The van der Waals surface area contributed by atoms with E-state index < -0.39 is 0 Å². The van der Waals surface area contributed by atoms with Crippen LogP contribution in [0.4, 0.5) is 0 Å². The molecule has 0 bridgehead atoms. The van der Waals surface area contributed by atoms with Crippen molar-refractivity contribution in [3.8, 4) is 0 Å². The lowest BCUT2D eigenvalue weighted by molar-refractivity contribution is -0.698. The van der Waals surface area contributed by atoms with Gasteiger partial charge in [0.1, 0.15) is 13.1 Å². The Labute approximate surface area is 220 Å². The average Bonchev–Trinajstić information content (AvgIpc) is 3.53. The van der Waals surface area contributed by atoms with E-state index >= 15 is 0 Å². The molecule has 0 amide bonds. The molecule has 2 fully saturated rings. The molecule has 0 unspecified atom stereocenters. The van der Waals surface area contributed by atoms with Gasteiger partial charge in [0.2, 0.25) is 0 Å². The monoisotopic (exact) mass is 488 g/mol. The topological polar surface area (TPSA) is 14.2 Å². The second kappa shape index (κ2) is 14.4. The van der Waals surface area contributed by atoms with Crippen LogP contribution < -0.4 is 9.13 Å². The molecule has 0 spiro atoms. The van der Waals surface area contributed by atoms with Gasteiger partial charge in [0.05, 0.1) is 0 Å². The number of rotatable bonds is 13. The highest BCUT2D eigenvalue weighted by Gasteiger charge is 2.25. The highest BCUT2D eigenvalue weighted by atomic mass is 15.2. The van der Waals surface area contributed by atoms with E-state index in [1.165, 1.54) is 88.4 Å². The van der Waals surface area contributed by atoms with Crippen LogP contribution >= 0.6 is 0 Å². The van der Waals surface area contributed by atoms with Gasteiger partial charge in [-0.25, -0.2) is 9.13 Å². The molecular formula is C32H48N4+2. The Bertz CT molecular complexity index is 902. The Morgan fingerprint density at radius 2 is 1.19 bits per heavy atom. The maximum atomic E-state index is 2.49. The van der Waals surface area contributed by atoms with Crippen molar-refractivity contribution in [2.45, 2.75) is 89.4 Å². The summed E-state index contributed by atoms with van der Waals surface area (Å²) in [6.07, 6.45) is 30.8. The fourth-order valence-electron chi connectivity index (χ4n) is 5.88. The molecule has 4 rings (SSSR count). The lowest BCUT2D eigenvalue weighted by Crippen LogP contribution is -2.34. The van der Waals surface area contributed by atoms with E-state index in [-0.39, 0.29) is 0 Å². The number of allylic oxidation sites excluding steroid dienone is 4. The molecule has 2 aliphatic heterocycles. The van der Waals surface area contributed by atoms with E-state index in [0.29, 0.717) is 12.1 Å². The minimum Gasteiger partial charge on any atom is -0.299 e. The van der Waals surface area contributed by atoms with Gasteiger partial charge in [0, 0.05) is 48.2 Å². The van der Waals surface area contributed by atoms with Crippen LogP contribution in [0.15, 0.2) is 73.4 Å². The third kappa shape index (κ3) is 8.11. The second-order valence-electron chi connectivity index (χ2n) is 10.9. The van der Waals surface area contributed by atoms with Crippen molar-refractivity contribution in [2.24, 2.45) is 0 Å². The molecule has 2 aromatic heterocycles. The molecule has 36 heavy (non-hydrogen) atoms. The summed E-state index contributed by atoms with van der Waals surface area (Å²) in [5.74, 6) is 0. The molecule has 4 nitrogen and oxygen atoms in total. The molecule has 2 atom stereocenters. The predicted octanol–water partition coefficient (Wildman–Crippen LogP) is 5.95. The molecule has 0 saturated carbocycles. The summed E-state index contributed by atoms with van der Waals surface area (Å²) in [6, 6.07) is 10.3. The standard InChI is InChI=1S/C32H48N4/c1-33-21-15-19-31(33)29-17-13-25-35(27-29)23-11-9-7-5-3-4-6-8-10-12-24-36-26-14-18-30(28-36)32-20-16-22-34(32)2/h3-6,13-14,17-18,25-28,31-32H,7-12,15-16,19-24H2,1-2H3/q+2/b5-3-,6-4+/t31-,32-/m0/s1. The number of hydrogen-bond acceptors (Lipinski definition) is 2. The highest BCUT2D eigenvalue weighted by molar-refractivity contribution is 5.13. The molecular weight excluding hydrogens is 440 g/mol. The first-order chi connectivity index (χ1) is 17.7. The summed E-state index contributed by atoms with van der Waals surface area (Å²) < 4.78 is 4.76. The smallest absolute Gasteiger partial charge is 0.173 e. The molecule has 194 valence electrons. The zero-order valence-electron chi connectivity index (χ0n) is 22.8. The van der Waals surface area contributed by atoms with Crippen LogP contribution in [0.3, 0.4) is 0 Å². The van der Waals surface area contributed by atoms with Gasteiger partial charge < -0.3 is 0 Å². The summed E-state index contributed by atoms with van der Waals surface area (Å²) in [6.45, 7) is 4.69. The molecule has 2 aliphatic rings. The van der Waals surface area contributed by atoms with Gasteiger partial charge in [-0.2, -0.15) is 0 Å². The fourth-order valence-corrected chi connectivity index (χ4v) is 5.88. The number of pyridine rings is 2. The summed E-state index contributed by atoms with van der Waals surface area (Å²) in [5.41, 5.74) is 2.96. The Morgan fingerprint density at radius 1 is 0.722 bits per heavy atom. The molecule has 2 aromatic rings. The first-order valence-corrected chi connectivity index (χ1v) is 14.4. The van der Waals surface area contributed by atoms with Crippen molar-refractivity contribution >= 4 is 0 Å². The van der Waals surface area contributed by atoms with Crippen molar-refractivity contribution < 1.29 is 9.13 Å². The van der Waals surface area contributed by atoms with Gasteiger partial charge in [0.15, 0.2) is 24.8 Å². The Morgan fingerprint density at radius 3 is 1.61 bits per heavy atom. The fraction of sp³-hybridized carbons (Fsp3) is 0.562. The summed E-state index contributed by atoms with van der Waals surface area (Å²) in [7, 11) is 4.51. The minimum absolute atomic E-state index is 0.612. The minimum atomic E-state index is 0.612. The average molecular weight is 489 g/mol. The van der Waals surface area contributed by atoms with Crippen LogP contribution in [-0.4, -0.2) is 37.0 Å². The van der Waals surface area contributed by atoms with Crippen LogP contribution in [0.25, 0.3) is 0 Å². The highest BCUT2D eigenvalue weighted by Crippen LogP contribution is 2.30. The molecule has 0 radical (unpaired) electrons. The van der Waals surface area contributed by atoms with Gasteiger partial charge in [-0.15, -0.1) is 0 Å². The largest absolute Gasteiger partial charge is 0.299 e. The number of likely N-dealkylation sites (tertiary alicyclic amines) is 2. The maximum absolute atomic E-state index is 2.49. The van der Waals surface area contributed by atoms with Crippen molar-refractivity contribution in [1.29, 1.82) is 0 Å². The first kappa shape index (κ1) is 26.8. The molecule has 0 N–H and O–H groups in total. The molecule has 0 aromatic carbocycles. The summed E-state index contributed by atoms with van der Waals surface area (Å²) in [4.78, 5) is 4.98. The zero-order valence-corrected chi connectivity index (χ0v) is 22.8. The third-order valence-corrected chi connectivity index (χ3v) is 8.03. The molecule has 4 heteroatoms. The van der Waals surface area contributed by atoms with Crippen molar-refractivity contribution in [2.75, 3.05) is 27.2 Å². The van der Waals surface area contributed by atoms with Gasteiger partial charge in [-0.1, -0.05) is 24.3 Å². The molecule has 4 heterocycles. The van der Waals surface area contributed by atoms with E-state index in [4.69, 9.17) is 0 Å². The van der Waals surface area contributed by atoms with E-state index in [0.717, 1.165) is 13.1 Å².